The Balaban J connectivity index is 2.15. The monoisotopic (exact) mass is 251 g/mol. The van der Waals surface area contributed by atoms with Gasteiger partial charge in [-0.15, -0.1) is 11.8 Å². The fraction of sp³-hybridized carbons (Fsp3) is 0.462. The van der Waals surface area contributed by atoms with Gasteiger partial charge >= 0.3 is 0 Å². The van der Waals surface area contributed by atoms with Gasteiger partial charge in [0.05, 0.1) is 11.7 Å². The van der Waals surface area contributed by atoms with E-state index in [0.717, 1.165) is 23.4 Å². The van der Waals surface area contributed by atoms with Gasteiger partial charge in [-0.2, -0.15) is 0 Å². The van der Waals surface area contributed by atoms with E-state index in [1.54, 1.807) is 18.9 Å². The van der Waals surface area contributed by atoms with Crippen LogP contribution in [0.2, 0.25) is 0 Å². The molecule has 1 aliphatic rings. The highest BCUT2D eigenvalue weighted by Crippen LogP contribution is 2.23. The zero-order valence-electron chi connectivity index (χ0n) is 10.2. The minimum Gasteiger partial charge on any atom is -0.380 e. The topological polar surface area (TPSA) is 29.5 Å². The van der Waals surface area contributed by atoms with Gasteiger partial charge < -0.3 is 9.64 Å². The maximum atomic E-state index is 12.3. The quantitative estimate of drug-likeness (QED) is 0.772. The Bertz CT molecular complexity index is 408. The molecule has 0 saturated carbocycles. The third kappa shape index (κ3) is 2.64. The molecule has 0 N–H and O–H groups in total. The molecule has 1 heterocycles. The van der Waals surface area contributed by atoms with E-state index in [0.29, 0.717) is 6.54 Å². The lowest BCUT2D eigenvalue weighted by Crippen LogP contribution is -2.30. The van der Waals surface area contributed by atoms with Crippen LogP contribution in [0, 0.1) is 0 Å². The summed E-state index contributed by atoms with van der Waals surface area (Å²) in [5.74, 6) is 0.120. The van der Waals surface area contributed by atoms with Gasteiger partial charge in [0.15, 0.2) is 0 Å². The molecule has 0 radical (unpaired) electrons. The summed E-state index contributed by atoms with van der Waals surface area (Å²) in [5.41, 5.74) is 0.803. The summed E-state index contributed by atoms with van der Waals surface area (Å²) in [6.07, 6.45) is 3.12. The summed E-state index contributed by atoms with van der Waals surface area (Å²) in [4.78, 5) is 15.3. The number of amides is 1. The zero-order chi connectivity index (χ0) is 12.3. The second-order valence-corrected chi connectivity index (χ2v) is 4.95. The molecule has 1 fully saturated rings. The highest BCUT2D eigenvalue weighted by Gasteiger charge is 2.27. The van der Waals surface area contributed by atoms with Crippen LogP contribution in [-0.2, 0) is 4.74 Å². The van der Waals surface area contributed by atoms with E-state index in [-0.39, 0.29) is 12.0 Å². The summed E-state index contributed by atoms with van der Waals surface area (Å²) in [6.45, 7) is 1.50. The average Bonchev–Trinajstić information content (AvgIpc) is 2.86. The first-order chi connectivity index (χ1) is 8.26. The molecule has 1 saturated heterocycles. The molecule has 0 aromatic heterocycles. The Hall–Kier alpha value is -1.00. The number of hydrogen-bond donors (Lipinski definition) is 0. The van der Waals surface area contributed by atoms with Crippen molar-refractivity contribution in [3.8, 4) is 0 Å². The second-order valence-electron chi connectivity index (χ2n) is 4.10. The van der Waals surface area contributed by atoms with Crippen molar-refractivity contribution < 1.29 is 9.53 Å². The molecule has 92 valence electrons. The third-order valence-electron chi connectivity index (χ3n) is 3.10. The largest absolute Gasteiger partial charge is 0.380 e. The van der Waals surface area contributed by atoms with Crippen molar-refractivity contribution in [3.63, 3.8) is 0 Å². The van der Waals surface area contributed by atoms with Crippen molar-refractivity contribution in [1.82, 2.24) is 4.90 Å². The molecule has 3 nitrogen and oxygen atoms in total. The van der Waals surface area contributed by atoms with Crippen LogP contribution in [-0.4, -0.2) is 43.4 Å². The van der Waals surface area contributed by atoms with Gasteiger partial charge in [-0.3, -0.25) is 4.79 Å². The maximum Gasteiger partial charge on any atom is 0.255 e. The first kappa shape index (κ1) is 12.5. The number of methoxy groups -OCH3 is 1. The summed E-state index contributed by atoms with van der Waals surface area (Å²) in [5, 5.41) is 0. The van der Waals surface area contributed by atoms with Crippen LogP contribution in [0.15, 0.2) is 29.2 Å². The van der Waals surface area contributed by atoms with Gasteiger partial charge in [0.2, 0.25) is 0 Å². The van der Waals surface area contributed by atoms with Crippen molar-refractivity contribution in [2.75, 3.05) is 26.5 Å². The number of nitrogens with zero attached hydrogens (tertiary/aromatic N) is 1. The van der Waals surface area contributed by atoms with Crippen LogP contribution < -0.4 is 0 Å². The van der Waals surface area contributed by atoms with E-state index in [4.69, 9.17) is 4.74 Å². The number of benzene rings is 1. The molecule has 0 aliphatic carbocycles. The molecule has 0 spiro atoms. The first-order valence-corrected chi connectivity index (χ1v) is 6.94. The van der Waals surface area contributed by atoms with Gasteiger partial charge in [0, 0.05) is 25.1 Å². The van der Waals surface area contributed by atoms with Crippen LogP contribution in [0.25, 0.3) is 0 Å². The average molecular weight is 251 g/mol. The molecule has 0 unspecified atom stereocenters. The standard InChI is InChI=1S/C13H17NO2S/c1-16-10-7-8-14(9-10)13(15)11-5-3-4-6-12(11)17-2/h3-6,10H,7-9H2,1-2H3/t10-/m1/s1. The number of hydrogen-bond acceptors (Lipinski definition) is 3. The maximum absolute atomic E-state index is 12.3. The number of thioether (sulfide) groups is 1. The normalized spacial score (nSPS) is 19.6. The molecule has 1 amide bonds. The Labute approximate surface area is 106 Å². The molecule has 17 heavy (non-hydrogen) atoms. The van der Waals surface area contributed by atoms with Crippen LogP contribution in [0.3, 0.4) is 0 Å². The fourth-order valence-electron chi connectivity index (χ4n) is 2.10. The lowest BCUT2D eigenvalue weighted by molar-refractivity contribution is 0.0721. The van der Waals surface area contributed by atoms with Crippen molar-refractivity contribution >= 4 is 17.7 Å². The fourth-order valence-corrected chi connectivity index (χ4v) is 2.69. The molecule has 1 aliphatic heterocycles. The Morgan fingerprint density at radius 2 is 2.24 bits per heavy atom. The summed E-state index contributed by atoms with van der Waals surface area (Å²) in [6, 6.07) is 7.76. The summed E-state index contributed by atoms with van der Waals surface area (Å²) in [7, 11) is 1.70. The third-order valence-corrected chi connectivity index (χ3v) is 3.90. The minimum atomic E-state index is 0.120. The second kappa shape index (κ2) is 5.56. The van der Waals surface area contributed by atoms with Crippen LogP contribution in [0.5, 0.6) is 0 Å². The predicted molar refractivity (Wildman–Crippen MR) is 69.5 cm³/mol. The first-order valence-electron chi connectivity index (χ1n) is 5.71. The van der Waals surface area contributed by atoms with E-state index < -0.39 is 0 Å². The molecule has 1 aromatic carbocycles. The lowest BCUT2D eigenvalue weighted by Gasteiger charge is -2.17. The molecule has 1 aromatic rings. The highest BCUT2D eigenvalue weighted by molar-refractivity contribution is 7.98. The summed E-state index contributed by atoms with van der Waals surface area (Å²) < 4.78 is 5.28. The predicted octanol–water partition coefficient (Wildman–Crippen LogP) is 2.27. The van der Waals surface area contributed by atoms with Crippen molar-refractivity contribution in [1.29, 1.82) is 0 Å². The summed E-state index contributed by atoms with van der Waals surface area (Å²) >= 11 is 1.61. The van der Waals surface area contributed by atoms with Crippen LogP contribution in [0.4, 0.5) is 0 Å². The van der Waals surface area contributed by atoms with Crippen LogP contribution >= 0.6 is 11.8 Å². The van der Waals surface area contributed by atoms with Gasteiger partial charge in [-0.05, 0) is 24.8 Å². The smallest absolute Gasteiger partial charge is 0.255 e. The van der Waals surface area contributed by atoms with Crippen molar-refractivity contribution in [3.05, 3.63) is 29.8 Å². The van der Waals surface area contributed by atoms with E-state index >= 15 is 0 Å². The zero-order valence-corrected chi connectivity index (χ0v) is 11.0. The lowest BCUT2D eigenvalue weighted by atomic mass is 10.2. The molecule has 4 heteroatoms. The highest BCUT2D eigenvalue weighted by atomic mass is 32.2. The van der Waals surface area contributed by atoms with Gasteiger partial charge in [0.1, 0.15) is 0 Å². The van der Waals surface area contributed by atoms with E-state index in [2.05, 4.69) is 0 Å². The number of rotatable bonds is 3. The number of carbonyl (C=O) groups is 1. The Morgan fingerprint density at radius 3 is 2.88 bits per heavy atom. The Morgan fingerprint density at radius 1 is 1.47 bits per heavy atom. The molecule has 1 atom stereocenters. The van der Waals surface area contributed by atoms with Gasteiger partial charge in [-0.25, -0.2) is 0 Å². The van der Waals surface area contributed by atoms with Crippen molar-refractivity contribution in [2.24, 2.45) is 0 Å². The number of carbonyl (C=O) groups excluding carboxylic acids is 1. The van der Waals surface area contributed by atoms with E-state index in [1.807, 2.05) is 35.4 Å². The Kier molecular flexibility index (Phi) is 4.07. The number of likely N-dealkylation sites (tertiary alicyclic amines) is 1. The number of ether oxygens (including phenoxy) is 1. The van der Waals surface area contributed by atoms with E-state index in [1.165, 1.54) is 0 Å². The molecule has 2 rings (SSSR count). The van der Waals surface area contributed by atoms with E-state index in [9.17, 15) is 4.79 Å². The molecule has 0 bridgehead atoms. The minimum absolute atomic E-state index is 0.120. The molecular weight excluding hydrogens is 234 g/mol. The van der Waals surface area contributed by atoms with Gasteiger partial charge in [-0.1, -0.05) is 12.1 Å². The van der Waals surface area contributed by atoms with Crippen LogP contribution in [0.1, 0.15) is 16.8 Å². The SMILES string of the molecule is CO[C@@H]1CCN(C(=O)c2ccccc2SC)C1. The van der Waals surface area contributed by atoms with Crippen molar-refractivity contribution in [2.45, 2.75) is 17.4 Å². The molecular formula is C13H17NO2S. The van der Waals surface area contributed by atoms with Gasteiger partial charge in [0.25, 0.3) is 5.91 Å².